The van der Waals surface area contributed by atoms with E-state index in [1.54, 1.807) is 6.20 Å². The highest BCUT2D eigenvalue weighted by atomic mass is 16.4. The Hall–Kier alpha value is -1.78. The predicted octanol–water partition coefficient (Wildman–Crippen LogP) is 0.625. The second-order valence-electron chi connectivity index (χ2n) is 2.02. The van der Waals surface area contributed by atoms with Crippen LogP contribution in [0.5, 0.6) is 0 Å². The van der Waals surface area contributed by atoms with Crippen LogP contribution in [0.2, 0.25) is 0 Å². The predicted molar refractivity (Wildman–Crippen MR) is 34.4 cm³/mol. The molecular formula is C6H4N2O3. The Morgan fingerprint density at radius 3 is 3.27 bits per heavy atom. The largest absolute Gasteiger partial charge is 0.477 e. The molecule has 2 aromatic rings. The average molecular weight is 152 g/mol. The van der Waals surface area contributed by atoms with E-state index < -0.39 is 5.97 Å². The summed E-state index contributed by atoms with van der Waals surface area (Å²) in [6, 6.07) is 0. The minimum absolute atomic E-state index is 0.0787. The van der Waals surface area contributed by atoms with Gasteiger partial charge in [-0.3, -0.25) is 0 Å². The van der Waals surface area contributed by atoms with Gasteiger partial charge >= 0.3 is 5.97 Å². The quantitative estimate of drug-likeness (QED) is 0.650. The van der Waals surface area contributed by atoms with Gasteiger partial charge in [-0.2, -0.15) is 5.10 Å². The number of hydrogen-bond acceptors (Lipinski definition) is 3. The zero-order valence-electron chi connectivity index (χ0n) is 5.39. The molecule has 5 nitrogen and oxygen atoms in total. The summed E-state index contributed by atoms with van der Waals surface area (Å²) in [6.07, 6.45) is 4.18. The lowest BCUT2D eigenvalue weighted by atomic mass is 10.4. The molecular weight excluding hydrogens is 148 g/mol. The molecule has 0 atom stereocenters. The van der Waals surface area contributed by atoms with Crippen LogP contribution in [0, 0.1) is 0 Å². The molecule has 2 heterocycles. The van der Waals surface area contributed by atoms with E-state index in [1.165, 1.54) is 17.0 Å². The standard InChI is InChI=1S/C6H4N2O3/c9-6(10)4-3-7-8-1-2-11-5(4)8/h1-3H,(H,9,10). The Bertz CT molecular complexity index is 401. The first-order valence-corrected chi connectivity index (χ1v) is 2.93. The lowest BCUT2D eigenvalue weighted by molar-refractivity contribution is 0.0698. The van der Waals surface area contributed by atoms with Gasteiger partial charge in [0.2, 0.25) is 5.71 Å². The van der Waals surface area contributed by atoms with Crippen LogP contribution in [0.15, 0.2) is 23.1 Å². The maximum Gasteiger partial charge on any atom is 0.342 e. The van der Waals surface area contributed by atoms with Crippen molar-refractivity contribution in [1.82, 2.24) is 9.61 Å². The summed E-state index contributed by atoms with van der Waals surface area (Å²) in [4.78, 5) is 10.5. The highest BCUT2D eigenvalue weighted by Gasteiger charge is 2.12. The molecule has 0 spiro atoms. The number of hydrogen-bond donors (Lipinski definition) is 1. The number of carboxylic acids is 1. The number of oxazole rings is 1. The van der Waals surface area contributed by atoms with Crippen molar-refractivity contribution in [1.29, 1.82) is 0 Å². The summed E-state index contributed by atoms with van der Waals surface area (Å²) >= 11 is 0. The second-order valence-corrected chi connectivity index (χ2v) is 2.02. The Morgan fingerprint density at radius 2 is 2.55 bits per heavy atom. The molecule has 56 valence electrons. The van der Waals surface area contributed by atoms with Gasteiger partial charge in [-0.25, -0.2) is 9.31 Å². The van der Waals surface area contributed by atoms with Crippen LogP contribution in [0.25, 0.3) is 5.71 Å². The maximum atomic E-state index is 10.5. The Morgan fingerprint density at radius 1 is 1.73 bits per heavy atom. The van der Waals surface area contributed by atoms with Gasteiger partial charge in [0.15, 0.2) is 0 Å². The van der Waals surface area contributed by atoms with Gasteiger partial charge < -0.3 is 9.52 Å². The number of nitrogens with zero attached hydrogens (tertiary/aromatic N) is 2. The highest BCUT2D eigenvalue weighted by molar-refractivity contribution is 5.93. The van der Waals surface area contributed by atoms with Crippen LogP contribution < -0.4 is 0 Å². The Kier molecular flexibility index (Phi) is 1.00. The lowest BCUT2D eigenvalue weighted by Gasteiger charge is -1.82. The number of fused-ring (bicyclic) bond motifs is 1. The molecule has 11 heavy (non-hydrogen) atoms. The van der Waals surface area contributed by atoms with E-state index in [-0.39, 0.29) is 11.3 Å². The third-order valence-electron chi connectivity index (χ3n) is 1.36. The summed E-state index contributed by atoms with van der Waals surface area (Å²) in [7, 11) is 0. The van der Waals surface area contributed by atoms with Crippen LogP contribution in [-0.2, 0) is 0 Å². The maximum absolute atomic E-state index is 10.5. The minimum Gasteiger partial charge on any atom is -0.477 e. The van der Waals surface area contributed by atoms with Crippen molar-refractivity contribution in [3.05, 3.63) is 24.2 Å². The average Bonchev–Trinajstić information content (AvgIpc) is 2.41. The number of aromatic nitrogens is 2. The fraction of sp³-hybridized carbons (Fsp3) is 0. The fourth-order valence-corrected chi connectivity index (χ4v) is 0.874. The molecule has 1 N–H and O–H groups in total. The second kappa shape index (κ2) is 1.85. The van der Waals surface area contributed by atoms with Crippen molar-refractivity contribution >= 4 is 11.7 Å². The number of carboxylic acid groups (broad SMARTS) is 1. The van der Waals surface area contributed by atoms with Crippen molar-refractivity contribution in [2.24, 2.45) is 0 Å². The van der Waals surface area contributed by atoms with Gasteiger partial charge in [0.1, 0.15) is 11.8 Å². The first-order chi connectivity index (χ1) is 5.29. The first kappa shape index (κ1) is 5.96. The van der Waals surface area contributed by atoms with Crippen LogP contribution in [-0.4, -0.2) is 20.7 Å². The SMILES string of the molecule is O=C(O)c1cnn2ccoc12. The van der Waals surface area contributed by atoms with Gasteiger partial charge in [0.05, 0.1) is 12.4 Å². The van der Waals surface area contributed by atoms with Gasteiger partial charge in [-0.15, -0.1) is 0 Å². The Balaban J connectivity index is 2.78. The number of carbonyl (C=O) groups is 1. The van der Waals surface area contributed by atoms with Gasteiger partial charge in [-0.05, 0) is 0 Å². The van der Waals surface area contributed by atoms with Crippen LogP contribution in [0.1, 0.15) is 10.4 Å². The molecule has 0 aromatic carbocycles. The monoisotopic (exact) mass is 152 g/mol. The molecule has 0 fully saturated rings. The molecule has 5 heteroatoms. The third-order valence-corrected chi connectivity index (χ3v) is 1.36. The molecule has 0 saturated heterocycles. The smallest absolute Gasteiger partial charge is 0.342 e. The van der Waals surface area contributed by atoms with E-state index in [0.717, 1.165) is 0 Å². The zero-order valence-corrected chi connectivity index (χ0v) is 5.39. The summed E-state index contributed by atoms with van der Waals surface area (Å²) in [6.45, 7) is 0. The molecule has 0 bridgehead atoms. The summed E-state index contributed by atoms with van der Waals surface area (Å²) in [5.41, 5.74) is 0.340. The van der Waals surface area contributed by atoms with Crippen LogP contribution in [0.4, 0.5) is 0 Å². The van der Waals surface area contributed by atoms with E-state index in [4.69, 9.17) is 9.52 Å². The van der Waals surface area contributed by atoms with Gasteiger partial charge in [0, 0.05) is 0 Å². The van der Waals surface area contributed by atoms with Crippen LogP contribution in [0.3, 0.4) is 0 Å². The highest BCUT2D eigenvalue weighted by Crippen LogP contribution is 2.09. The summed E-state index contributed by atoms with van der Waals surface area (Å²) in [5.74, 6) is -1.03. The topological polar surface area (TPSA) is 67.7 Å². The van der Waals surface area contributed by atoms with Gasteiger partial charge in [0.25, 0.3) is 0 Å². The number of aromatic carboxylic acids is 1. The number of rotatable bonds is 1. The molecule has 0 aliphatic rings. The zero-order chi connectivity index (χ0) is 7.84. The summed E-state index contributed by atoms with van der Waals surface area (Å²) in [5, 5.41) is 12.3. The van der Waals surface area contributed by atoms with E-state index in [2.05, 4.69) is 5.10 Å². The van der Waals surface area contributed by atoms with Gasteiger partial charge in [-0.1, -0.05) is 0 Å². The lowest BCUT2D eigenvalue weighted by Crippen LogP contribution is -1.93. The molecule has 0 amide bonds. The molecule has 0 aliphatic carbocycles. The van der Waals surface area contributed by atoms with Crippen LogP contribution >= 0.6 is 0 Å². The fourth-order valence-electron chi connectivity index (χ4n) is 0.874. The van der Waals surface area contributed by atoms with E-state index in [1.807, 2.05) is 0 Å². The molecule has 2 rings (SSSR count). The molecule has 0 unspecified atom stereocenters. The van der Waals surface area contributed by atoms with Crippen molar-refractivity contribution in [3.8, 4) is 0 Å². The van der Waals surface area contributed by atoms with Crippen molar-refractivity contribution < 1.29 is 14.3 Å². The summed E-state index contributed by atoms with van der Waals surface area (Å²) < 4.78 is 6.23. The molecule has 0 radical (unpaired) electrons. The Labute approximate surface area is 60.9 Å². The minimum atomic E-state index is -1.03. The normalized spacial score (nSPS) is 10.5. The molecule has 0 saturated carbocycles. The third kappa shape index (κ3) is 0.706. The molecule has 2 aromatic heterocycles. The molecule has 0 aliphatic heterocycles. The van der Waals surface area contributed by atoms with Crippen molar-refractivity contribution in [2.75, 3.05) is 0 Å². The first-order valence-electron chi connectivity index (χ1n) is 2.93. The van der Waals surface area contributed by atoms with E-state index in [9.17, 15) is 4.79 Å². The van der Waals surface area contributed by atoms with Crippen molar-refractivity contribution in [2.45, 2.75) is 0 Å². The van der Waals surface area contributed by atoms with Crippen molar-refractivity contribution in [3.63, 3.8) is 0 Å². The van der Waals surface area contributed by atoms with E-state index >= 15 is 0 Å². The van der Waals surface area contributed by atoms with E-state index in [0.29, 0.717) is 0 Å².